The Kier molecular flexibility index (Phi) is 3.18. The number of fused-ring (bicyclic) bond motifs is 1. The molecule has 0 bridgehead atoms. The molecule has 0 fully saturated rings. The zero-order chi connectivity index (χ0) is 14.1. The van der Waals surface area contributed by atoms with E-state index < -0.39 is 0 Å². The van der Waals surface area contributed by atoms with Crippen molar-refractivity contribution in [3.05, 3.63) is 59.4 Å². The standard InChI is InChI=1S/C17H19N3/c1-12-9-16-17(10-13(12)2)20(11-19-16)8-7-14-3-5-15(18)6-4-14/h3-6,9-11H,7-8,18H2,1-2H3. The van der Waals surface area contributed by atoms with E-state index in [4.69, 9.17) is 5.73 Å². The van der Waals surface area contributed by atoms with Gasteiger partial charge in [-0.1, -0.05) is 12.1 Å². The highest BCUT2D eigenvalue weighted by molar-refractivity contribution is 5.77. The van der Waals surface area contributed by atoms with E-state index in [9.17, 15) is 0 Å². The average molecular weight is 265 g/mol. The van der Waals surface area contributed by atoms with Crippen molar-refractivity contribution in [1.29, 1.82) is 0 Å². The SMILES string of the molecule is Cc1cc2ncn(CCc3ccc(N)cc3)c2cc1C. The summed E-state index contributed by atoms with van der Waals surface area (Å²) in [6, 6.07) is 12.5. The quantitative estimate of drug-likeness (QED) is 0.737. The van der Waals surface area contributed by atoms with E-state index in [-0.39, 0.29) is 0 Å². The number of nitrogen functional groups attached to an aromatic ring is 1. The molecule has 3 nitrogen and oxygen atoms in total. The minimum atomic E-state index is 0.813. The summed E-state index contributed by atoms with van der Waals surface area (Å²) < 4.78 is 2.22. The van der Waals surface area contributed by atoms with Gasteiger partial charge >= 0.3 is 0 Å². The van der Waals surface area contributed by atoms with Crippen LogP contribution >= 0.6 is 0 Å². The molecule has 0 saturated heterocycles. The van der Waals surface area contributed by atoms with E-state index in [2.05, 4.69) is 47.7 Å². The van der Waals surface area contributed by atoms with Crippen LogP contribution in [-0.4, -0.2) is 9.55 Å². The lowest BCUT2D eigenvalue weighted by atomic mass is 10.1. The fourth-order valence-corrected chi connectivity index (χ4v) is 2.43. The molecule has 0 spiro atoms. The van der Waals surface area contributed by atoms with Gasteiger partial charge in [-0.05, 0) is 61.2 Å². The number of benzene rings is 2. The summed E-state index contributed by atoms with van der Waals surface area (Å²) in [4.78, 5) is 4.49. The number of hydrogen-bond acceptors (Lipinski definition) is 2. The van der Waals surface area contributed by atoms with Crippen LogP contribution in [0.3, 0.4) is 0 Å². The van der Waals surface area contributed by atoms with Crippen molar-refractivity contribution in [2.24, 2.45) is 0 Å². The smallest absolute Gasteiger partial charge is 0.0958 e. The van der Waals surface area contributed by atoms with Gasteiger partial charge in [0.15, 0.2) is 0 Å². The van der Waals surface area contributed by atoms with Crippen LogP contribution in [0.5, 0.6) is 0 Å². The van der Waals surface area contributed by atoms with E-state index in [1.807, 2.05) is 18.5 Å². The van der Waals surface area contributed by atoms with Crippen molar-refractivity contribution in [3.8, 4) is 0 Å². The number of nitrogens with zero attached hydrogens (tertiary/aromatic N) is 2. The summed E-state index contributed by atoms with van der Waals surface area (Å²) in [5.74, 6) is 0. The van der Waals surface area contributed by atoms with Crippen LogP contribution < -0.4 is 5.73 Å². The summed E-state index contributed by atoms with van der Waals surface area (Å²) in [5, 5.41) is 0. The molecular formula is C17H19N3. The van der Waals surface area contributed by atoms with E-state index in [1.165, 1.54) is 22.2 Å². The Morgan fingerprint density at radius 3 is 2.50 bits per heavy atom. The minimum absolute atomic E-state index is 0.813. The van der Waals surface area contributed by atoms with Crippen molar-refractivity contribution in [1.82, 2.24) is 9.55 Å². The van der Waals surface area contributed by atoms with Crippen LogP contribution in [0.25, 0.3) is 11.0 Å². The van der Waals surface area contributed by atoms with Gasteiger partial charge in [-0.15, -0.1) is 0 Å². The predicted octanol–water partition coefficient (Wildman–Crippen LogP) is 3.48. The molecule has 0 aliphatic heterocycles. The third kappa shape index (κ3) is 2.39. The lowest BCUT2D eigenvalue weighted by Gasteiger charge is -2.06. The van der Waals surface area contributed by atoms with Gasteiger partial charge < -0.3 is 10.3 Å². The number of imidazole rings is 1. The Morgan fingerprint density at radius 2 is 1.75 bits per heavy atom. The van der Waals surface area contributed by atoms with Crippen LogP contribution in [0.2, 0.25) is 0 Å². The summed E-state index contributed by atoms with van der Waals surface area (Å²) >= 11 is 0. The second-order valence-corrected chi connectivity index (χ2v) is 5.35. The highest BCUT2D eigenvalue weighted by Crippen LogP contribution is 2.19. The average Bonchev–Trinajstić information content (AvgIpc) is 2.81. The molecule has 0 atom stereocenters. The molecule has 0 aliphatic carbocycles. The van der Waals surface area contributed by atoms with Crippen molar-refractivity contribution in [3.63, 3.8) is 0 Å². The number of aromatic nitrogens is 2. The minimum Gasteiger partial charge on any atom is -0.399 e. The van der Waals surface area contributed by atoms with Gasteiger partial charge in [-0.3, -0.25) is 0 Å². The van der Waals surface area contributed by atoms with E-state index in [1.54, 1.807) is 0 Å². The van der Waals surface area contributed by atoms with Crippen molar-refractivity contribution in [2.45, 2.75) is 26.8 Å². The normalized spacial score (nSPS) is 11.1. The fourth-order valence-electron chi connectivity index (χ4n) is 2.43. The molecule has 0 amide bonds. The Bertz CT molecular complexity index is 739. The Balaban J connectivity index is 1.84. The Morgan fingerprint density at radius 1 is 1.05 bits per heavy atom. The lowest BCUT2D eigenvalue weighted by Crippen LogP contribution is -2.00. The molecule has 1 aromatic heterocycles. The molecule has 0 unspecified atom stereocenters. The van der Waals surface area contributed by atoms with Crippen molar-refractivity contribution in [2.75, 3.05) is 5.73 Å². The predicted molar refractivity (Wildman–Crippen MR) is 83.8 cm³/mol. The topological polar surface area (TPSA) is 43.8 Å². The lowest BCUT2D eigenvalue weighted by molar-refractivity contribution is 0.715. The van der Waals surface area contributed by atoms with E-state index in [0.717, 1.165) is 24.2 Å². The summed E-state index contributed by atoms with van der Waals surface area (Å²) in [6.45, 7) is 5.21. The zero-order valence-corrected chi connectivity index (χ0v) is 11.9. The first-order valence-corrected chi connectivity index (χ1v) is 6.90. The number of rotatable bonds is 3. The van der Waals surface area contributed by atoms with E-state index >= 15 is 0 Å². The van der Waals surface area contributed by atoms with Gasteiger partial charge in [-0.2, -0.15) is 0 Å². The number of nitrogens with two attached hydrogens (primary N) is 1. The molecule has 1 heterocycles. The Hall–Kier alpha value is -2.29. The molecule has 102 valence electrons. The van der Waals surface area contributed by atoms with Crippen LogP contribution in [-0.2, 0) is 13.0 Å². The van der Waals surface area contributed by atoms with Crippen molar-refractivity contribution >= 4 is 16.7 Å². The zero-order valence-electron chi connectivity index (χ0n) is 11.9. The summed E-state index contributed by atoms with van der Waals surface area (Å²) in [7, 11) is 0. The highest BCUT2D eigenvalue weighted by atomic mass is 15.0. The molecule has 3 rings (SSSR count). The number of anilines is 1. The first kappa shape index (κ1) is 12.7. The second-order valence-electron chi connectivity index (χ2n) is 5.35. The van der Waals surface area contributed by atoms with Crippen molar-refractivity contribution < 1.29 is 0 Å². The molecule has 3 heteroatoms. The maximum Gasteiger partial charge on any atom is 0.0958 e. The third-order valence-corrected chi connectivity index (χ3v) is 3.86. The molecule has 3 aromatic rings. The first-order chi connectivity index (χ1) is 9.63. The van der Waals surface area contributed by atoms with Crippen LogP contribution in [0.4, 0.5) is 5.69 Å². The monoisotopic (exact) mass is 265 g/mol. The largest absolute Gasteiger partial charge is 0.399 e. The number of hydrogen-bond donors (Lipinski definition) is 1. The second kappa shape index (κ2) is 5.00. The summed E-state index contributed by atoms with van der Waals surface area (Å²) in [6.07, 6.45) is 2.92. The van der Waals surface area contributed by atoms with Crippen LogP contribution in [0.1, 0.15) is 16.7 Å². The molecule has 0 saturated carbocycles. The first-order valence-electron chi connectivity index (χ1n) is 6.90. The summed E-state index contributed by atoms with van der Waals surface area (Å²) in [5.41, 5.74) is 12.7. The van der Waals surface area contributed by atoms with E-state index in [0.29, 0.717) is 0 Å². The van der Waals surface area contributed by atoms with Gasteiger partial charge in [0.2, 0.25) is 0 Å². The Labute approximate surface area is 119 Å². The number of aryl methyl sites for hydroxylation is 4. The molecule has 2 aromatic carbocycles. The van der Waals surface area contributed by atoms with Gasteiger partial charge in [-0.25, -0.2) is 4.98 Å². The molecule has 0 radical (unpaired) electrons. The van der Waals surface area contributed by atoms with Gasteiger partial charge in [0.1, 0.15) is 0 Å². The molecule has 20 heavy (non-hydrogen) atoms. The molecule has 0 aliphatic rings. The maximum atomic E-state index is 5.71. The fraction of sp³-hybridized carbons (Fsp3) is 0.235. The maximum absolute atomic E-state index is 5.71. The third-order valence-electron chi connectivity index (χ3n) is 3.86. The van der Waals surface area contributed by atoms with Crippen LogP contribution in [0, 0.1) is 13.8 Å². The molecular weight excluding hydrogens is 246 g/mol. The van der Waals surface area contributed by atoms with Crippen LogP contribution in [0.15, 0.2) is 42.7 Å². The molecule has 2 N–H and O–H groups in total. The highest BCUT2D eigenvalue weighted by Gasteiger charge is 2.05. The van der Waals surface area contributed by atoms with Gasteiger partial charge in [0.25, 0.3) is 0 Å². The van der Waals surface area contributed by atoms with Gasteiger partial charge in [0.05, 0.1) is 17.4 Å². The van der Waals surface area contributed by atoms with Gasteiger partial charge in [0, 0.05) is 12.2 Å².